The molecule has 4 heteroatoms. The van der Waals surface area contributed by atoms with E-state index in [-0.39, 0.29) is 0 Å². The second-order valence-electron chi connectivity index (χ2n) is 6.96. The highest BCUT2D eigenvalue weighted by Gasteiger charge is 2.11. The first kappa shape index (κ1) is 24.1. The number of ether oxygens (including phenoxy) is 1. The predicted molar refractivity (Wildman–Crippen MR) is 104 cm³/mol. The van der Waals surface area contributed by atoms with Crippen LogP contribution < -0.4 is 0 Å². The lowest BCUT2D eigenvalue weighted by Gasteiger charge is -2.05. The zero-order valence-corrected chi connectivity index (χ0v) is 16.1. The molecule has 0 aliphatic heterocycles. The van der Waals surface area contributed by atoms with E-state index in [1.165, 1.54) is 70.6 Å². The molecule has 25 heavy (non-hydrogen) atoms. The van der Waals surface area contributed by atoms with Gasteiger partial charge >= 0.3 is 5.97 Å². The lowest BCUT2D eigenvalue weighted by molar-refractivity contribution is -0.146. The van der Waals surface area contributed by atoms with E-state index in [4.69, 9.17) is 14.9 Å². The van der Waals surface area contributed by atoms with E-state index in [0.717, 1.165) is 25.9 Å². The van der Waals surface area contributed by atoms with Crippen LogP contribution in [0.25, 0.3) is 0 Å². The topological polar surface area (TPSA) is 66.8 Å². The zero-order valence-electron chi connectivity index (χ0n) is 16.1. The Morgan fingerprint density at radius 2 is 1.20 bits per heavy atom. The third-order valence-electron chi connectivity index (χ3n) is 4.54. The molecule has 0 aromatic heterocycles. The summed E-state index contributed by atoms with van der Waals surface area (Å²) in [5.41, 5.74) is 0. The second-order valence-corrected chi connectivity index (χ2v) is 6.96. The minimum Gasteiger partial charge on any atom is -0.479 e. The van der Waals surface area contributed by atoms with Crippen molar-refractivity contribution in [2.75, 3.05) is 13.2 Å². The fourth-order valence-corrected chi connectivity index (χ4v) is 2.95. The molecule has 0 aromatic rings. The molecule has 4 nitrogen and oxygen atoms in total. The first-order valence-corrected chi connectivity index (χ1v) is 10.3. The first-order chi connectivity index (χ1) is 12.2. The zero-order chi connectivity index (χ0) is 18.6. The first-order valence-electron chi connectivity index (χ1n) is 10.3. The average Bonchev–Trinajstić information content (AvgIpc) is 2.60. The number of hydrogen-bond acceptors (Lipinski definition) is 3. The van der Waals surface area contributed by atoms with Gasteiger partial charge in [0.1, 0.15) is 0 Å². The largest absolute Gasteiger partial charge is 0.479 e. The van der Waals surface area contributed by atoms with E-state index >= 15 is 0 Å². The van der Waals surface area contributed by atoms with Crippen molar-refractivity contribution in [1.82, 2.24) is 0 Å². The van der Waals surface area contributed by atoms with Gasteiger partial charge in [-0.2, -0.15) is 0 Å². The SMILES string of the molecule is C=CCOCCCCCCCCCCCCCCCCC(O)C(=O)O. The van der Waals surface area contributed by atoms with Crippen LogP contribution >= 0.6 is 0 Å². The minimum absolute atomic E-state index is 0.386. The van der Waals surface area contributed by atoms with Gasteiger partial charge in [-0.15, -0.1) is 6.58 Å². The Morgan fingerprint density at radius 1 is 0.800 bits per heavy atom. The van der Waals surface area contributed by atoms with E-state index in [9.17, 15) is 4.79 Å². The number of aliphatic hydroxyl groups excluding tert-OH is 1. The van der Waals surface area contributed by atoms with Gasteiger partial charge in [0.2, 0.25) is 0 Å². The van der Waals surface area contributed by atoms with Crippen molar-refractivity contribution in [3.63, 3.8) is 0 Å². The van der Waals surface area contributed by atoms with Gasteiger partial charge in [-0.1, -0.05) is 89.5 Å². The lowest BCUT2D eigenvalue weighted by Crippen LogP contribution is -2.18. The molecule has 0 bridgehead atoms. The molecular weight excluding hydrogens is 316 g/mol. The van der Waals surface area contributed by atoms with Gasteiger partial charge in [0.25, 0.3) is 0 Å². The maximum Gasteiger partial charge on any atom is 0.332 e. The molecule has 0 aliphatic rings. The highest BCUT2D eigenvalue weighted by Crippen LogP contribution is 2.13. The molecule has 1 unspecified atom stereocenters. The number of carboxylic acids is 1. The summed E-state index contributed by atoms with van der Waals surface area (Å²) in [5.74, 6) is -1.10. The maximum atomic E-state index is 10.5. The van der Waals surface area contributed by atoms with Crippen LogP contribution in [0.5, 0.6) is 0 Å². The normalized spacial score (nSPS) is 12.2. The van der Waals surface area contributed by atoms with Gasteiger partial charge in [0.15, 0.2) is 6.10 Å². The molecule has 1 atom stereocenters. The fraction of sp³-hybridized carbons (Fsp3) is 0.857. The van der Waals surface area contributed by atoms with Crippen molar-refractivity contribution in [3.05, 3.63) is 12.7 Å². The Bertz CT molecular complexity index is 304. The molecule has 0 fully saturated rings. The van der Waals surface area contributed by atoms with Crippen LogP contribution in [-0.2, 0) is 9.53 Å². The predicted octanol–water partition coefficient (Wildman–Crippen LogP) is 5.49. The molecule has 0 rings (SSSR count). The van der Waals surface area contributed by atoms with Gasteiger partial charge in [0.05, 0.1) is 6.61 Å². The Balaban J connectivity index is 3.05. The number of carbonyl (C=O) groups is 1. The second kappa shape index (κ2) is 19.5. The molecule has 0 saturated heterocycles. The number of unbranched alkanes of at least 4 members (excludes halogenated alkanes) is 13. The highest BCUT2D eigenvalue weighted by molar-refractivity contribution is 5.71. The smallest absolute Gasteiger partial charge is 0.332 e. The summed E-state index contributed by atoms with van der Waals surface area (Å²) in [5, 5.41) is 17.7. The van der Waals surface area contributed by atoms with E-state index in [2.05, 4.69) is 6.58 Å². The van der Waals surface area contributed by atoms with Crippen LogP contribution in [-0.4, -0.2) is 35.5 Å². The van der Waals surface area contributed by atoms with Crippen molar-refractivity contribution in [2.24, 2.45) is 0 Å². The molecule has 0 radical (unpaired) electrons. The maximum absolute atomic E-state index is 10.5. The highest BCUT2D eigenvalue weighted by atomic mass is 16.5. The van der Waals surface area contributed by atoms with Crippen molar-refractivity contribution >= 4 is 5.97 Å². The average molecular weight is 357 g/mol. The fourth-order valence-electron chi connectivity index (χ4n) is 2.95. The van der Waals surface area contributed by atoms with Crippen molar-refractivity contribution in [3.8, 4) is 0 Å². The number of hydrogen-bond donors (Lipinski definition) is 2. The van der Waals surface area contributed by atoms with Crippen LogP contribution in [0.1, 0.15) is 96.3 Å². The minimum atomic E-state index is -1.18. The van der Waals surface area contributed by atoms with E-state index < -0.39 is 12.1 Å². The van der Waals surface area contributed by atoms with Crippen LogP contribution in [0.15, 0.2) is 12.7 Å². The Morgan fingerprint density at radius 3 is 1.60 bits per heavy atom. The lowest BCUT2D eigenvalue weighted by atomic mass is 10.0. The van der Waals surface area contributed by atoms with E-state index in [1.807, 2.05) is 0 Å². The quantitative estimate of drug-likeness (QED) is 0.224. The number of aliphatic hydroxyl groups is 1. The molecule has 148 valence electrons. The Labute approximate surface area is 154 Å². The molecular formula is C21H40O4. The molecule has 0 amide bonds. The molecule has 0 heterocycles. The van der Waals surface area contributed by atoms with E-state index in [1.54, 1.807) is 6.08 Å². The van der Waals surface area contributed by atoms with Crippen molar-refractivity contribution < 1.29 is 19.7 Å². The van der Waals surface area contributed by atoms with Gasteiger partial charge < -0.3 is 14.9 Å². The molecule has 0 saturated carbocycles. The van der Waals surface area contributed by atoms with Gasteiger partial charge in [-0.3, -0.25) is 0 Å². The van der Waals surface area contributed by atoms with Gasteiger partial charge in [-0.25, -0.2) is 4.79 Å². The summed E-state index contributed by atoms with van der Waals surface area (Å²) < 4.78 is 5.36. The van der Waals surface area contributed by atoms with E-state index in [0.29, 0.717) is 13.0 Å². The summed E-state index contributed by atoms with van der Waals surface area (Å²) in [6, 6.07) is 0. The van der Waals surface area contributed by atoms with Crippen LogP contribution in [0.4, 0.5) is 0 Å². The summed E-state index contributed by atoms with van der Waals surface area (Å²) >= 11 is 0. The van der Waals surface area contributed by atoms with Crippen LogP contribution in [0, 0.1) is 0 Å². The third kappa shape index (κ3) is 19.3. The number of aliphatic carboxylic acids is 1. The number of rotatable bonds is 20. The Hall–Kier alpha value is -0.870. The molecule has 0 aromatic carbocycles. The van der Waals surface area contributed by atoms with Crippen molar-refractivity contribution in [2.45, 2.75) is 102 Å². The number of carboxylic acid groups (broad SMARTS) is 1. The van der Waals surface area contributed by atoms with Crippen LogP contribution in [0.3, 0.4) is 0 Å². The third-order valence-corrected chi connectivity index (χ3v) is 4.54. The van der Waals surface area contributed by atoms with Crippen LogP contribution in [0.2, 0.25) is 0 Å². The summed E-state index contributed by atoms with van der Waals surface area (Å²) in [4.78, 5) is 10.5. The van der Waals surface area contributed by atoms with Gasteiger partial charge in [0, 0.05) is 6.61 Å². The Kier molecular flexibility index (Phi) is 18.8. The summed E-state index contributed by atoms with van der Waals surface area (Å²) in [6.07, 6.45) is 18.4. The monoisotopic (exact) mass is 356 g/mol. The van der Waals surface area contributed by atoms with Crippen molar-refractivity contribution in [1.29, 1.82) is 0 Å². The molecule has 2 N–H and O–H groups in total. The summed E-state index contributed by atoms with van der Waals surface area (Å²) in [6.45, 7) is 5.17. The molecule has 0 spiro atoms. The summed E-state index contributed by atoms with van der Waals surface area (Å²) in [7, 11) is 0. The van der Waals surface area contributed by atoms with Gasteiger partial charge in [-0.05, 0) is 12.8 Å². The standard InChI is InChI=1S/C21H40O4/c1-2-18-25-19-16-14-12-10-8-6-4-3-5-7-9-11-13-15-17-20(22)21(23)24/h2,20,22H,1,3-19H2,(H,23,24). The molecule has 0 aliphatic carbocycles.